The fraction of sp³-hybridized carbons (Fsp3) is 0.462. The van der Waals surface area contributed by atoms with Crippen molar-refractivity contribution < 1.29 is 4.92 Å². The summed E-state index contributed by atoms with van der Waals surface area (Å²) in [7, 11) is 0. The van der Waals surface area contributed by atoms with E-state index in [-0.39, 0.29) is 10.6 Å². The van der Waals surface area contributed by atoms with Crippen molar-refractivity contribution in [3.05, 3.63) is 39.7 Å². The van der Waals surface area contributed by atoms with Crippen molar-refractivity contribution in [2.24, 2.45) is 0 Å². The minimum atomic E-state index is -0.356. The Balaban J connectivity index is 1.62. The maximum Gasteiger partial charge on any atom is 0.271 e. The molecule has 1 fully saturated rings. The lowest BCUT2D eigenvalue weighted by Gasteiger charge is -2.18. The number of hydrogen-bond acceptors (Lipinski definition) is 6. The van der Waals surface area contributed by atoms with Crippen molar-refractivity contribution in [2.45, 2.75) is 31.8 Å². The average Bonchev–Trinajstić information content (AvgIpc) is 3.09. The van der Waals surface area contributed by atoms with E-state index in [1.54, 1.807) is 12.1 Å². The predicted octanol–water partition coefficient (Wildman–Crippen LogP) is 1.48. The summed E-state index contributed by atoms with van der Waals surface area (Å²) in [6.07, 6.45) is 3.15. The molecule has 8 nitrogen and oxygen atoms in total. The second-order valence-electron chi connectivity index (χ2n) is 5.51. The van der Waals surface area contributed by atoms with Crippen molar-refractivity contribution >= 4 is 11.4 Å². The zero-order chi connectivity index (χ0) is 14.4. The Morgan fingerprint density at radius 3 is 3.00 bits per heavy atom. The minimum Gasteiger partial charge on any atom is -0.363 e. The Morgan fingerprint density at radius 1 is 1.38 bits per heavy atom. The third-order valence-corrected chi connectivity index (χ3v) is 4.06. The molecule has 8 heteroatoms. The Labute approximate surface area is 120 Å². The first-order valence-electron chi connectivity index (χ1n) is 7.01. The molecule has 0 radical (unpaired) electrons. The number of aromatic nitrogens is 4. The molecule has 0 N–H and O–H groups in total. The van der Waals surface area contributed by atoms with Crippen LogP contribution in [0.25, 0.3) is 0 Å². The van der Waals surface area contributed by atoms with E-state index >= 15 is 0 Å². The Bertz CT molecular complexity index is 708. The van der Waals surface area contributed by atoms with Gasteiger partial charge in [0.05, 0.1) is 17.5 Å². The van der Waals surface area contributed by atoms with Crippen LogP contribution in [0.4, 0.5) is 11.4 Å². The van der Waals surface area contributed by atoms with Crippen molar-refractivity contribution in [1.82, 2.24) is 20.2 Å². The highest BCUT2D eigenvalue weighted by molar-refractivity contribution is 5.62. The summed E-state index contributed by atoms with van der Waals surface area (Å²) >= 11 is 0. The predicted molar refractivity (Wildman–Crippen MR) is 73.9 cm³/mol. The molecule has 0 bridgehead atoms. The average molecular weight is 286 g/mol. The van der Waals surface area contributed by atoms with Crippen molar-refractivity contribution in [2.75, 3.05) is 11.4 Å². The van der Waals surface area contributed by atoms with Crippen LogP contribution in [0.15, 0.2) is 18.2 Å². The number of fused-ring (bicyclic) bond motifs is 1. The first-order valence-corrected chi connectivity index (χ1v) is 7.01. The molecule has 0 spiro atoms. The van der Waals surface area contributed by atoms with Gasteiger partial charge in [0.1, 0.15) is 0 Å². The molecule has 1 aliphatic carbocycles. The summed E-state index contributed by atoms with van der Waals surface area (Å²) in [5.74, 6) is 0.830. The van der Waals surface area contributed by atoms with Gasteiger partial charge in [0, 0.05) is 24.4 Å². The smallest absolute Gasteiger partial charge is 0.271 e. The van der Waals surface area contributed by atoms with Crippen LogP contribution in [0.3, 0.4) is 0 Å². The highest BCUT2D eigenvalue weighted by atomic mass is 16.6. The van der Waals surface area contributed by atoms with E-state index in [9.17, 15) is 10.1 Å². The maximum atomic E-state index is 10.9. The normalized spacial score (nSPS) is 17.0. The van der Waals surface area contributed by atoms with Crippen LogP contribution < -0.4 is 4.90 Å². The van der Waals surface area contributed by atoms with E-state index in [1.807, 2.05) is 10.7 Å². The molecule has 2 aliphatic rings. The number of nitrogens with zero attached hydrogens (tertiary/aromatic N) is 6. The first-order chi connectivity index (χ1) is 10.2. The van der Waals surface area contributed by atoms with Crippen molar-refractivity contribution in [1.29, 1.82) is 0 Å². The fourth-order valence-electron chi connectivity index (χ4n) is 2.80. The molecule has 2 aromatic rings. The van der Waals surface area contributed by atoms with Crippen LogP contribution in [0.5, 0.6) is 0 Å². The molecule has 21 heavy (non-hydrogen) atoms. The molecule has 0 amide bonds. The van der Waals surface area contributed by atoms with Crippen LogP contribution in [0, 0.1) is 10.1 Å². The summed E-state index contributed by atoms with van der Waals surface area (Å²) in [5, 5.41) is 22.8. The SMILES string of the molecule is O=[N+]([O-])c1ccc2c(c1)N(Cc1nnnn1C1CC1)CC2. The first kappa shape index (κ1) is 12.2. The molecule has 108 valence electrons. The van der Waals surface area contributed by atoms with E-state index in [4.69, 9.17) is 0 Å². The Kier molecular flexibility index (Phi) is 2.63. The number of non-ortho nitro benzene ring substituents is 1. The molecule has 1 aliphatic heterocycles. The van der Waals surface area contributed by atoms with Crippen LogP contribution in [-0.2, 0) is 13.0 Å². The van der Waals surface area contributed by atoms with Gasteiger partial charge in [-0.2, -0.15) is 0 Å². The highest BCUT2D eigenvalue weighted by Gasteiger charge is 2.29. The van der Waals surface area contributed by atoms with Crippen LogP contribution in [-0.4, -0.2) is 31.7 Å². The number of hydrogen-bond donors (Lipinski definition) is 0. The van der Waals surface area contributed by atoms with Gasteiger partial charge in [0.2, 0.25) is 0 Å². The summed E-state index contributed by atoms with van der Waals surface area (Å²) in [6.45, 7) is 1.44. The third kappa shape index (κ3) is 2.12. The molecular formula is C13H14N6O2. The number of rotatable bonds is 4. The summed E-state index contributed by atoms with van der Waals surface area (Å²) in [6, 6.07) is 5.49. The number of nitro groups is 1. The zero-order valence-corrected chi connectivity index (χ0v) is 11.3. The summed E-state index contributed by atoms with van der Waals surface area (Å²) in [5.41, 5.74) is 2.20. The van der Waals surface area contributed by atoms with Crippen molar-refractivity contribution in [3.63, 3.8) is 0 Å². The largest absolute Gasteiger partial charge is 0.363 e. The summed E-state index contributed by atoms with van der Waals surface area (Å²) < 4.78 is 1.88. The van der Waals surface area contributed by atoms with E-state index in [1.165, 1.54) is 0 Å². The van der Waals surface area contributed by atoms with E-state index in [0.29, 0.717) is 12.6 Å². The molecule has 1 aromatic heterocycles. The van der Waals surface area contributed by atoms with Crippen LogP contribution in [0.2, 0.25) is 0 Å². The van der Waals surface area contributed by atoms with Gasteiger partial charge in [0.25, 0.3) is 5.69 Å². The molecular weight excluding hydrogens is 272 g/mol. The maximum absolute atomic E-state index is 10.9. The second kappa shape index (κ2) is 4.51. The van der Waals surface area contributed by atoms with Gasteiger partial charge >= 0.3 is 0 Å². The zero-order valence-electron chi connectivity index (χ0n) is 11.3. The molecule has 1 aromatic carbocycles. The fourth-order valence-corrected chi connectivity index (χ4v) is 2.80. The van der Waals surface area contributed by atoms with E-state index in [0.717, 1.165) is 42.9 Å². The van der Waals surface area contributed by atoms with Crippen LogP contribution >= 0.6 is 0 Å². The standard InChI is InChI=1S/C13H14N6O2/c20-19(21)11-2-1-9-5-6-17(12(9)7-11)8-13-14-15-16-18(13)10-3-4-10/h1-2,7,10H,3-6,8H2. The van der Waals surface area contributed by atoms with Gasteiger partial charge in [-0.1, -0.05) is 6.07 Å². The topological polar surface area (TPSA) is 90.0 Å². The van der Waals surface area contributed by atoms with Gasteiger partial charge in [-0.25, -0.2) is 4.68 Å². The van der Waals surface area contributed by atoms with Crippen molar-refractivity contribution in [3.8, 4) is 0 Å². The molecule has 4 rings (SSSR count). The Hall–Kier alpha value is -2.51. The van der Waals surface area contributed by atoms with Gasteiger partial charge in [0.15, 0.2) is 5.82 Å². The molecule has 0 atom stereocenters. The number of tetrazole rings is 1. The quantitative estimate of drug-likeness (QED) is 0.624. The lowest BCUT2D eigenvalue weighted by molar-refractivity contribution is -0.384. The number of benzene rings is 1. The highest BCUT2D eigenvalue weighted by Crippen LogP contribution is 2.36. The van der Waals surface area contributed by atoms with E-state index in [2.05, 4.69) is 20.4 Å². The van der Waals surface area contributed by atoms with Gasteiger partial charge < -0.3 is 4.90 Å². The third-order valence-electron chi connectivity index (χ3n) is 4.06. The molecule has 2 heterocycles. The Morgan fingerprint density at radius 2 is 2.24 bits per heavy atom. The van der Waals surface area contributed by atoms with E-state index < -0.39 is 0 Å². The monoisotopic (exact) mass is 286 g/mol. The molecule has 0 unspecified atom stereocenters. The summed E-state index contributed by atoms with van der Waals surface area (Å²) in [4.78, 5) is 12.7. The van der Waals surface area contributed by atoms with Crippen LogP contribution in [0.1, 0.15) is 30.3 Å². The van der Waals surface area contributed by atoms with Gasteiger partial charge in [-0.15, -0.1) is 5.10 Å². The molecule has 0 saturated heterocycles. The molecule has 1 saturated carbocycles. The van der Waals surface area contributed by atoms with Gasteiger partial charge in [-0.05, 0) is 35.3 Å². The lowest BCUT2D eigenvalue weighted by atomic mass is 10.1. The number of nitro benzene ring substituents is 1. The number of anilines is 1. The second-order valence-corrected chi connectivity index (χ2v) is 5.51. The lowest BCUT2D eigenvalue weighted by Crippen LogP contribution is -2.22. The van der Waals surface area contributed by atoms with Gasteiger partial charge in [-0.3, -0.25) is 10.1 Å². The minimum absolute atomic E-state index is 0.127.